The summed E-state index contributed by atoms with van der Waals surface area (Å²) in [7, 11) is 0. The molecular formula is C16H16F3N. The lowest BCUT2D eigenvalue weighted by Gasteiger charge is -2.20. The van der Waals surface area contributed by atoms with Gasteiger partial charge in [0.05, 0.1) is 6.04 Å². The molecule has 0 saturated heterocycles. The minimum absolute atomic E-state index is 0.241. The average molecular weight is 279 g/mol. The van der Waals surface area contributed by atoms with E-state index in [1.165, 1.54) is 18.2 Å². The van der Waals surface area contributed by atoms with Crippen molar-refractivity contribution in [2.45, 2.75) is 19.4 Å². The van der Waals surface area contributed by atoms with Crippen LogP contribution in [0.3, 0.4) is 0 Å². The Morgan fingerprint density at radius 2 is 1.65 bits per heavy atom. The van der Waals surface area contributed by atoms with E-state index >= 15 is 0 Å². The Morgan fingerprint density at radius 3 is 2.30 bits per heavy atom. The molecule has 0 aromatic heterocycles. The second kappa shape index (κ2) is 6.57. The van der Waals surface area contributed by atoms with Crippen LogP contribution in [0.15, 0.2) is 42.5 Å². The third-order valence-corrected chi connectivity index (χ3v) is 3.09. The highest BCUT2D eigenvalue weighted by Gasteiger charge is 2.20. The summed E-state index contributed by atoms with van der Waals surface area (Å²) in [4.78, 5) is 0. The Morgan fingerprint density at radius 1 is 0.950 bits per heavy atom. The van der Waals surface area contributed by atoms with Gasteiger partial charge in [0.15, 0.2) is 0 Å². The highest BCUT2D eigenvalue weighted by molar-refractivity contribution is 5.33. The number of nitrogens with one attached hydrogen (secondary N) is 1. The average Bonchev–Trinajstić information content (AvgIpc) is 2.42. The maximum absolute atomic E-state index is 13.9. The maximum Gasteiger partial charge on any atom is 0.131 e. The van der Waals surface area contributed by atoms with Crippen molar-refractivity contribution >= 4 is 0 Å². The summed E-state index contributed by atoms with van der Waals surface area (Å²) in [6.07, 6.45) is 0.827. The normalized spacial score (nSPS) is 12.4. The number of hydrogen-bond acceptors (Lipinski definition) is 1. The van der Waals surface area contributed by atoms with Crippen molar-refractivity contribution in [3.8, 4) is 0 Å². The second-order valence-corrected chi connectivity index (χ2v) is 4.57. The van der Waals surface area contributed by atoms with E-state index in [2.05, 4.69) is 5.32 Å². The molecule has 1 atom stereocenters. The van der Waals surface area contributed by atoms with Gasteiger partial charge >= 0.3 is 0 Å². The van der Waals surface area contributed by atoms with Crippen molar-refractivity contribution in [2.75, 3.05) is 6.54 Å². The molecule has 0 heterocycles. The van der Waals surface area contributed by atoms with Gasteiger partial charge < -0.3 is 5.32 Å². The molecule has 0 spiro atoms. The zero-order chi connectivity index (χ0) is 14.5. The van der Waals surface area contributed by atoms with E-state index < -0.39 is 23.5 Å². The fourth-order valence-electron chi connectivity index (χ4n) is 2.12. The van der Waals surface area contributed by atoms with Crippen molar-refractivity contribution in [2.24, 2.45) is 0 Å². The first kappa shape index (κ1) is 14.6. The molecule has 0 radical (unpaired) electrons. The zero-order valence-electron chi connectivity index (χ0n) is 11.2. The summed E-state index contributed by atoms with van der Waals surface area (Å²) >= 11 is 0. The van der Waals surface area contributed by atoms with Gasteiger partial charge in [-0.3, -0.25) is 0 Å². The molecule has 4 heteroatoms. The molecular weight excluding hydrogens is 263 g/mol. The molecule has 0 bridgehead atoms. The Labute approximate surface area is 116 Å². The van der Waals surface area contributed by atoms with Gasteiger partial charge in [0, 0.05) is 17.2 Å². The van der Waals surface area contributed by atoms with E-state index in [9.17, 15) is 13.2 Å². The number of halogens is 3. The fourth-order valence-corrected chi connectivity index (χ4v) is 2.12. The second-order valence-electron chi connectivity index (χ2n) is 4.57. The van der Waals surface area contributed by atoms with Crippen molar-refractivity contribution in [3.63, 3.8) is 0 Å². The van der Waals surface area contributed by atoms with Gasteiger partial charge in [0.2, 0.25) is 0 Å². The van der Waals surface area contributed by atoms with Gasteiger partial charge in [-0.15, -0.1) is 0 Å². The summed E-state index contributed by atoms with van der Waals surface area (Å²) in [5, 5.41) is 3.10. The molecule has 0 aliphatic rings. The number of benzene rings is 2. The number of rotatable bonds is 5. The smallest absolute Gasteiger partial charge is 0.131 e. The van der Waals surface area contributed by atoms with Gasteiger partial charge in [-0.05, 0) is 25.1 Å². The van der Waals surface area contributed by atoms with Crippen LogP contribution in [-0.2, 0) is 0 Å². The topological polar surface area (TPSA) is 12.0 Å². The lowest BCUT2D eigenvalue weighted by Crippen LogP contribution is -2.25. The van der Waals surface area contributed by atoms with E-state index in [0.29, 0.717) is 12.1 Å². The molecule has 0 aliphatic carbocycles. The van der Waals surface area contributed by atoms with E-state index in [1.807, 2.05) is 6.92 Å². The number of hydrogen-bond donors (Lipinski definition) is 1. The van der Waals surface area contributed by atoms with Crippen molar-refractivity contribution in [3.05, 3.63) is 71.0 Å². The molecule has 2 aromatic rings. The third-order valence-electron chi connectivity index (χ3n) is 3.09. The molecule has 0 amide bonds. The van der Waals surface area contributed by atoms with Crippen molar-refractivity contribution in [1.29, 1.82) is 0 Å². The van der Waals surface area contributed by atoms with Gasteiger partial charge in [0.1, 0.15) is 17.5 Å². The van der Waals surface area contributed by atoms with Crippen molar-refractivity contribution in [1.82, 2.24) is 5.32 Å². The predicted molar refractivity (Wildman–Crippen MR) is 72.9 cm³/mol. The van der Waals surface area contributed by atoms with Crippen LogP contribution >= 0.6 is 0 Å². The molecule has 1 unspecified atom stereocenters. The van der Waals surface area contributed by atoms with Crippen LogP contribution in [0.4, 0.5) is 13.2 Å². The minimum atomic E-state index is -0.679. The van der Waals surface area contributed by atoms with Crippen LogP contribution in [0, 0.1) is 17.5 Å². The lowest BCUT2D eigenvalue weighted by molar-refractivity contribution is 0.513. The minimum Gasteiger partial charge on any atom is -0.306 e. The largest absolute Gasteiger partial charge is 0.306 e. The van der Waals surface area contributed by atoms with Crippen LogP contribution in [0.5, 0.6) is 0 Å². The van der Waals surface area contributed by atoms with Crippen LogP contribution in [0.1, 0.15) is 30.5 Å². The Kier molecular flexibility index (Phi) is 4.79. The predicted octanol–water partition coefficient (Wildman–Crippen LogP) is 4.19. The highest BCUT2D eigenvalue weighted by Crippen LogP contribution is 2.26. The van der Waals surface area contributed by atoms with Gasteiger partial charge in [-0.25, -0.2) is 13.2 Å². The Bertz CT molecular complexity index is 584. The monoisotopic (exact) mass is 279 g/mol. The fraction of sp³-hybridized carbons (Fsp3) is 0.250. The molecule has 106 valence electrons. The first-order chi connectivity index (χ1) is 9.63. The lowest BCUT2D eigenvalue weighted by atomic mass is 9.97. The van der Waals surface area contributed by atoms with Crippen LogP contribution in [-0.4, -0.2) is 6.54 Å². The van der Waals surface area contributed by atoms with Crippen molar-refractivity contribution < 1.29 is 13.2 Å². The molecule has 0 fully saturated rings. The standard InChI is InChI=1S/C16H16F3N/c1-2-9-20-16(12-5-3-4-6-14(12)18)13-8-7-11(17)10-15(13)19/h3-8,10,16,20H,2,9H2,1H3. The van der Waals surface area contributed by atoms with E-state index in [4.69, 9.17) is 0 Å². The van der Waals surface area contributed by atoms with Crippen LogP contribution in [0.2, 0.25) is 0 Å². The highest BCUT2D eigenvalue weighted by atomic mass is 19.1. The molecule has 0 aliphatic heterocycles. The SMILES string of the molecule is CCCNC(c1ccccc1F)c1ccc(F)cc1F. The Balaban J connectivity index is 2.44. The van der Waals surface area contributed by atoms with Gasteiger partial charge in [0.25, 0.3) is 0 Å². The summed E-state index contributed by atoms with van der Waals surface area (Å²) in [6.45, 7) is 2.57. The summed E-state index contributed by atoms with van der Waals surface area (Å²) in [5.41, 5.74) is 0.594. The summed E-state index contributed by atoms with van der Waals surface area (Å²) < 4.78 is 40.9. The molecule has 20 heavy (non-hydrogen) atoms. The van der Waals surface area contributed by atoms with Crippen LogP contribution in [0.25, 0.3) is 0 Å². The zero-order valence-corrected chi connectivity index (χ0v) is 11.2. The molecule has 2 aromatic carbocycles. The first-order valence-electron chi connectivity index (χ1n) is 6.56. The van der Waals surface area contributed by atoms with Gasteiger partial charge in [-0.1, -0.05) is 31.2 Å². The van der Waals surface area contributed by atoms with E-state index in [0.717, 1.165) is 12.5 Å². The van der Waals surface area contributed by atoms with Crippen LogP contribution < -0.4 is 5.32 Å². The van der Waals surface area contributed by atoms with E-state index in [-0.39, 0.29) is 5.56 Å². The molecule has 2 rings (SSSR count). The van der Waals surface area contributed by atoms with E-state index in [1.54, 1.807) is 18.2 Å². The molecule has 0 saturated carbocycles. The molecule has 1 N–H and O–H groups in total. The summed E-state index contributed by atoms with van der Waals surface area (Å²) in [5.74, 6) is -1.74. The third kappa shape index (κ3) is 3.20. The van der Waals surface area contributed by atoms with Gasteiger partial charge in [-0.2, -0.15) is 0 Å². The summed E-state index contributed by atoms with van der Waals surface area (Å²) in [6, 6.07) is 8.93. The first-order valence-corrected chi connectivity index (χ1v) is 6.56. The Hall–Kier alpha value is -1.81. The maximum atomic E-state index is 13.9. The molecule has 1 nitrogen and oxygen atoms in total. The quantitative estimate of drug-likeness (QED) is 0.865.